The summed E-state index contributed by atoms with van der Waals surface area (Å²) in [6.07, 6.45) is 1.60. The van der Waals surface area contributed by atoms with E-state index in [1.165, 1.54) is 0 Å². The van der Waals surface area contributed by atoms with Gasteiger partial charge in [-0.2, -0.15) is 14.0 Å². The highest BCUT2D eigenvalue weighted by molar-refractivity contribution is 5.68. The molecule has 1 heterocycles. The van der Waals surface area contributed by atoms with Gasteiger partial charge in [0, 0.05) is 6.42 Å². The molecular weight excluding hydrogens is 254 g/mol. The largest absolute Gasteiger partial charge is 0.451 e. The summed E-state index contributed by atoms with van der Waals surface area (Å²) >= 11 is 0. The first kappa shape index (κ1) is 16.4. The molecule has 7 nitrogen and oxygen atoms in total. The van der Waals surface area contributed by atoms with Crippen molar-refractivity contribution in [1.29, 1.82) is 0 Å². The molecule has 1 N–H and O–H groups in total. The number of nitrogens with zero attached hydrogens (tertiary/aromatic N) is 1. The van der Waals surface area contributed by atoms with Gasteiger partial charge in [0.05, 0.1) is 27.0 Å². The van der Waals surface area contributed by atoms with E-state index in [-0.39, 0.29) is 11.6 Å². The first-order valence-electron chi connectivity index (χ1n) is 5.06. The molecule has 0 amide bonds. The molecule has 0 aliphatic carbocycles. The topological polar surface area (TPSA) is 120 Å². The van der Waals surface area contributed by atoms with Crippen LogP contribution in [0, 0.1) is 10.2 Å². The fraction of sp³-hybridized carbons (Fsp3) is 0.889. The second-order valence-electron chi connectivity index (χ2n) is 4.15. The number of hydrogen-bond acceptors (Lipinski definition) is 7. The van der Waals surface area contributed by atoms with Gasteiger partial charge < -0.3 is 9.47 Å². The molecule has 17 heavy (non-hydrogen) atoms. The van der Waals surface area contributed by atoms with Gasteiger partial charge in [-0.05, 0) is 27.7 Å². The van der Waals surface area contributed by atoms with E-state index in [0.717, 1.165) is 6.42 Å². The highest BCUT2D eigenvalue weighted by atomic mass is 35.7. The molecule has 0 spiro atoms. The molecule has 0 bridgehead atoms. The summed E-state index contributed by atoms with van der Waals surface area (Å²) in [4.78, 5) is 4.33. The van der Waals surface area contributed by atoms with E-state index in [1.54, 1.807) is 0 Å². The van der Waals surface area contributed by atoms with E-state index in [2.05, 4.69) is 18.8 Å². The lowest BCUT2D eigenvalue weighted by Gasteiger charge is -2.30. The Morgan fingerprint density at radius 2 is 2.00 bits per heavy atom. The predicted molar refractivity (Wildman–Crippen MR) is 50.5 cm³/mol. The van der Waals surface area contributed by atoms with Crippen molar-refractivity contribution in [2.24, 2.45) is 4.99 Å². The van der Waals surface area contributed by atoms with Gasteiger partial charge in [-0.1, -0.05) is 0 Å². The quantitative estimate of drug-likeness (QED) is 0.580. The summed E-state index contributed by atoms with van der Waals surface area (Å²) in [7, 11) is -4.69. The molecule has 8 heteroatoms. The lowest BCUT2D eigenvalue weighted by atomic mass is 9.97. The van der Waals surface area contributed by atoms with Gasteiger partial charge in [0.15, 0.2) is 0 Å². The lowest BCUT2D eigenvalue weighted by Crippen LogP contribution is -2.58. The minimum Gasteiger partial charge on any atom is -0.451 e. The third-order valence-electron chi connectivity index (χ3n) is 1.75. The van der Waals surface area contributed by atoms with Gasteiger partial charge in [0.25, 0.3) is 0 Å². The normalized spacial score (nSPS) is 22.8. The number of rotatable bonds is 1. The minimum absolute atomic E-state index is 0.0395. The van der Waals surface area contributed by atoms with Crippen molar-refractivity contribution in [2.45, 2.75) is 45.8 Å². The summed E-state index contributed by atoms with van der Waals surface area (Å²) in [5, 5.41) is 0. The molecule has 1 aliphatic heterocycles. The van der Waals surface area contributed by atoms with Crippen LogP contribution in [-0.4, -0.2) is 29.0 Å². The van der Waals surface area contributed by atoms with Crippen molar-refractivity contribution in [2.75, 3.05) is 6.61 Å². The van der Waals surface area contributed by atoms with Crippen LogP contribution in [0.1, 0.15) is 34.1 Å². The molecule has 0 aromatic rings. The standard InChI is InChI=1S/C9H17NO2.ClHO4/c1-5-11-8-10-9(3,4)6-7(2)12-8;2-1(3,4)5/h7H,5-6H2,1-4H3;(H,2,3,4,5). The second kappa shape index (κ2) is 6.36. The van der Waals surface area contributed by atoms with E-state index in [4.69, 9.17) is 28.1 Å². The number of hydrogen-bond donors (Lipinski definition) is 1. The van der Waals surface area contributed by atoms with Crippen LogP contribution in [-0.2, 0) is 9.47 Å². The maximum absolute atomic E-state index is 8.60. The van der Waals surface area contributed by atoms with Gasteiger partial charge >= 0.3 is 6.08 Å². The van der Waals surface area contributed by atoms with Crippen LogP contribution in [0.15, 0.2) is 4.99 Å². The molecular formula is C9H18ClNO6. The van der Waals surface area contributed by atoms with Crippen molar-refractivity contribution in [3.63, 3.8) is 0 Å². The van der Waals surface area contributed by atoms with Gasteiger partial charge in [0.1, 0.15) is 6.10 Å². The van der Waals surface area contributed by atoms with Crippen LogP contribution in [0.25, 0.3) is 0 Å². The third-order valence-corrected chi connectivity index (χ3v) is 1.75. The first-order valence-corrected chi connectivity index (χ1v) is 6.32. The zero-order valence-electron chi connectivity index (χ0n) is 10.3. The average Bonchev–Trinajstić information content (AvgIpc) is 1.95. The van der Waals surface area contributed by atoms with E-state index in [9.17, 15) is 0 Å². The summed E-state index contributed by atoms with van der Waals surface area (Å²) in [5.74, 6) is 0. The fourth-order valence-corrected chi connectivity index (χ4v) is 1.43. The van der Waals surface area contributed by atoms with Crippen molar-refractivity contribution in [1.82, 2.24) is 0 Å². The SMILES string of the molecule is CCOC1=NC(C)(C)CC(C)O1.[O-][Cl+3]([O-])([O-])O. The number of ether oxygens (including phenoxy) is 2. The Labute approximate surface area is 102 Å². The highest BCUT2D eigenvalue weighted by Crippen LogP contribution is 2.23. The van der Waals surface area contributed by atoms with Crippen LogP contribution >= 0.6 is 0 Å². The fourth-order valence-electron chi connectivity index (χ4n) is 1.43. The molecule has 102 valence electrons. The molecule has 1 rings (SSSR count). The smallest absolute Gasteiger partial charge is 0.384 e. The van der Waals surface area contributed by atoms with Gasteiger partial charge in [-0.25, -0.2) is 4.99 Å². The Balaban J connectivity index is 0.000000437. The lowest BCUT2D eigenvalue weighted by molar-refractivity contribution is -1.92. The Morgan fingerprint density at radius 3 is 2.35 bits per heavy atom. The molecule has 1 unspecified atom stereocenters. The van der Waals surface area contributed by atoms with E-state index >= 15 is 0 Å². The van der Waals surface area contributed by atoms with Crippen LogP contribution in [0.3, 0.4) is 0 Å². The average molecular weight is 272 g/mol. The molecule has 0 saturated heterocycles. The highest BCUT2D eigenvalue weighted by Gasteiger charge is 2.28. The zero-order chi connectivity index (χ0) is 13.7. The Hall–Kier alpha value is -0.600. The second-order valence-corrected chi connectivity index (χ2v) is 4.94. The Kier molecular flexibility index (Phi) is 6.14. The first-order chi connectivity index (χ1) is 7.53. The zero-order valence-corrected chi connectivity index (χ0v) is 11.1. The van der Waals surface area contributed by atoms with E-state index < -0.39 is 10.2 Å². The minimum atomic E-state index is -4.69. The molecule has 0 radical (unpaired) electrons. The number of aliphatic imine (C=N–C) groups is 1. The number of halogens is 1. The van der Waals surface area contributed by atoms with Crippen LogP contribution < -0.4 is 14.0 Å². The Morgan fingerprint density at radius 1 is 1.53 bits per heavy atom. The van der Waals surface area contributed by atoms with Crippen LogP contribution in [0.5, 0.6) is 0 Å². The molecule has 1 aliphatic rings. The maximum Gasteiger partial charge on any atom is 0.384 e. The van der Waals surface area contributed by atoms with E-state index in [0.29, 0.717) is 12.7 Å². The van der Waals surface area contributed by atoms with Crippen molar-refractivity contribution < 1.29 is 38.4 Å². The molecule has 0 aromatic carbocycles. The van der Waals surface area contributed by atoms with E-state index in [1.807, 2.05) is 13.8 Å². The summed E-state index contributed by atoms with van der Waals surface area (Å²) in [5.41, 5.74) is -0.0395. The predicted octanol–water partition coefficient (Wildman–Crippen LogP) is -2.16. The Bertz CT molecular complexity index is 257. The third kappa shape index (κ3) is 10.3. The van der Waals surface area contributed by atoms with Crippen molar-refractivity contribution >= 4 is 6.08 Å². The molecule has 0 aromatic heterocycles. The maximum atomic E-state index is 8.60. The molecule has 1 atom stereocenters. The van der Waals surface area contributed by atoms with Crippen LogP contribution in [0.4, 0.5) is 0 Å². The summed E-state index contributed by atoms with van der Waals surface area (Å²) < 4.78 is 43.3. The van der Waals surface area contributed by atoms with Gasteiger partial charge in [-0.15, -0.1) is 0 Å². The van der Waals surface area contributed by atoms with Gasteiger partial charge in [0.2, 0.25) is 0 Å². The molecule has 0 fully saturated rings. The summed E-state index contributed by atoms with van der Waals surface area (Å²) in [6.45, 7) is 8.76. The summed E-state index contributed by atoms with van der Waals surface area (Å²) in [6, 6.07) is 0. The monoisotopic (exact) mass is 271 g/mol. The van der Waals surface area contributed by atoms with Crippen molar-refractivity contribution in [3.05, 3.63) is 0 Å². The van der Waals surface area contributed by atoms with Crippen molar-refractivity contribution in [3.8, 4) is 0 Å². The van der Waals surface area contributed by atoms with Crippen LogP contribution in [0.2, 0.25) is 0 Å². The molecule has 0 saturated carbocycles. The van der Waals surface area contributed by atoms with Gasteiger partial charge in [-0.3, -0.25) is 0 Å².